The zero-order valence-electron chi connectivity index (χ0n) is 14.7. The summed E-state index contributed by atoms with van der Waals surface area (Å²) in [6.45, 7) is 1.68. The Labute approximate surface area is 162 Å². The summed E-state index contributed by atoms with van der Waals surface area (Å²) in [7, 11) is 1.26. The van der Waals surface area contributed by atoms with Gasteiger partial charge in [-0.15, -0.1) is 0 Å². The number of hydrogen-bond donors (Lipinski definition) is 1. The van der Waals surface area contributed by atoms with E-state index in [1.807, 2.05) is 0 Å². The first kappa shape index (κ1) is 19.9. The zero-order valence-corrected chi connectivity index (χ0v) is 15.5. The van der Waals surface area contributed by atoms with E-state index in [2.05, 4.69) is 5.10 Å². The summed E-state index contributed by atoms with van der Waals surface area (Å²) in [5, 5.41) is 3.66. The predicted octanol–water partition coefficient (Wildman–Crippen LogP) is 4.97. The molecule has 3 aromatic rings. The highest BCUT2D eigenvalue weighted by Gasteiger charge is 2.41. The second-order valence-electron chi connectivity index (χ2n) is 6.18. The molecule has 4 nitrogen and oxygen atoms in total. The highest BCUT2D eigenvalue weighted by atomic mass is 35.5. The third-order valence-corrected chi connectivity index (χ3v) is 4.69. The second-order valence-corrected chi connectivity index (χ2v) is 6.59. The standard InChI is InChI=1S/C19H14ClF4N3O/c1-9-7-12(14(21)8-13(9)20)10-5-3-4-6-11(10)16-15(18(25)28)17(19(22,23)24)26-27(16)2/h3-8H,1-2H3,(H2,25,28). The number of benzene rings is 2. The summed E-state index contributed by atoms with van der Waals surface area (Å²) < 4.78 is 55.5. The fourth-order valence-corrected chi connectivity index (χ4v) is 3.20. The number of aromatic nitrogens is 2. The molecule has 9 heteroatoms. The minimum atomic E-state index is -4.88. The van der Waals surface area contributed by atoms with E-state index in [0.29, 0.717) is 5.56 Å². The van der Waals surface area contributed by atoms with E-state index in [4.69, 9.17) is 17.3 Å². The molecule has 0 aliphatic heterocycles. The van der Waals surface area contributed by atoms with Crippen LogP contribution in [-0.4, -0.2) is 15.7 Å². The van der Waals surface area contributed by atoms with E-state index in [0.717, 1.165) is 10.7 Å². The lowest BCUT2D eigenvalue weighted by molar-refractivity contribution is -0.141. The molecule has 0 saturated carbocycles. The Kier molecular flexibility index (Phi) is 4.93. The smallest absolute Gasteiger partial charge is 0.365 e. The highest BCUT2D eigenvalue weighted by molar-refractivity contribution is 6.31. The molecule has 0 spiro atoms. The first-order valence-electron chi connectivity index (χ1n) is 8.01. The normalized spacial score (nSPS) is 11.7. The quantitative estimate of drug-likeness (QED) is 0.618. The maximum Gasteiger partial charge on any atom is 0.435 e. The predicted molar refractivity (Wildman–Crippen MR) is 97.3 cm³/mol. The van der Waals surface area contributed by atoms with Crippen molar-refractivity contribution in [2.24, 2.45) is 12.8 Å². The molecule has 0 aliphatic rings. The fourth-order valence-electron chi connectivity index (χ4n) is 3.05. The van der Waals surface area contributed by atoms with Crippen molar-refractivity contribution in [2.45, 2.75) is 13.1 Å². The fraction of sp³-hybridized carbons (Fsp3) is 0.158. The van der Waals surface area contributed by atoms with Crippen LogP contribution in [0.15, 0.2) is 36.4 Å². The highest BCUT2D eigenvalue weighted by Crippen LogP contribution is 2.40. The number of nitrogens with two attached hydrogens (primary N) is 1. The summed E-state index contributed by atoms with van der Waals surface area (Å²) in [5.41, 5.74) is 4.11. The lowest BCUT2D eigenvalue weighted by Crippen LogP contribution is -2.18. The average molecular weight is 412 g/mol. The first-order chi connectivity index (χ1) is 13.0. The molecule has 2 aromatic carbocycles. The molecule has 0 aliphatic carbocycles. The Bertz CT molecular complexity index is 1090. The number of carbonyl (C=O) groups is 1. The van der Waals surface area contributed by atoms with E-state index in [9.17, 15) is 22.4 Å². The van der Waals surface area contributed by atoms with Crippen molar-refractivity contribution in [3.8, 4) is 22.4 Å². The summed E-state index contributed by atoms with van der Waals surface area (Å²) in [4.78, 5) is 11.9. The average Bonchev–Trinajstić information content (AvgIpc) is 2.96. The van der Waals surface area contributed by atoms with Crippen molar-refractivity contribution >= 4 is 17.5 Å². The van der Waals surface area contributed by atoms with Crippen LogP contribution in [-0.2, 0) is 13.2 Å². The molecule has 0 atom stereocenters. The van der Waals surface area contributed by atoms with Crippen molar-refractivity contribution in [1.82, 2.24) is 9.78 Å². The first-order valence-corrected chi connectivity index (χ1v) is 8.39. The molecule has 1 heterocycles. The molecule has 0 bridgehead atoms. The van der Waals surface area contributed by atoms with Gasteiger partial charge in [0.1, 0.15) is 5.82 Å². The Balaban J connectivity index is 2.36. The number of alkyl halides is 3. The lowest BCUT2D eigenvalue weighted by atomic mass is 9.93. The molecule has 3 rings (SSSR count). The third-order valence-electron chi connectivity index (χ3n) is 4.28. The molecule has 1 aromatic heterocycles. The number of rotatable bonds is 3. The summed E-state index contributed by atoms with van der Waals surface area (Å²) in [6, 6.07) is 8.79. The topological polar surface area (TPSA) is 60.9 Å². The number of primary amides is 1. The monoisotopic (exact) mass is 411 g/mol. The van der Waals surface area contributed by atoms with Gasteiger partial charge in [0.2, 0.25) is 0 Å². The van der Waals surface area contributed by atoms with Crippen LogP contribution in [0.1, 0.15) is 21.6 Å². The number of amides is 1. The third kappa shape index (κ3) is 3.35. The minimum Gasteiger partial charge on any atom is -0.365 e. The number of nitrogens with zero attached hydrogens (tertiary/aromatic N) is 2. The maximum absolute atomic E-state index is 14.6. The number of halogens is 5. The van der Waals surface area contributed by atoms with Gasteiger partial charge in [0.15, 0.2) is 5.69 Å². The van der Waals surface area contributed by atoms with Crippen LogP contribution in [0.25, 0.3) is 22.4 Å². The van der Waals surface area contributed by atoms with Gasteiger partial charge in [-0.2, -0.15) is 18.3 Å². The number of aryl methyl sites for hydroxylation is 2. The summed E-state index contributed by atoms with van der Waals surface area (Å²) in [6.07, 6.45) is -4.88. The molecule has 0 radical (unpaired) electrons. The van der Waals surface area contributed by atoms with Crippen LogP contribution in [0.3, 0.4) is 0 Å². The van der Waals surface area contributed by atoms with Crippen LogP contribution in [0.2, 0.25) is 5.02 Å². The largest absolute Gasteiger partial charge is 0.435 e. The van der Waals surface area contributed by atoms with Gasteiger partial charge in [-0.05, 0) is 30.2 Å². The van der Waals surface area contributed by atoms with Crippen molar-refractivity contribution < 1.29 is 22.4 Å². The molecular formula is C19H14ClF4N3O. The molecule has 0 saturated heterocycles. The van der Waals surface area contributed by atoms with Gasteiger partial charge in [0, 0.05) is 23.2 Å². The SMILES string of the molecule is Cc1cc(-c2ccccc2-c2c(C(N)=O)c(C(F)(F)F)nn2C)c(F)cc1Cl. The van der Waals surface area contributed by atoms with E-state index in [1.165, 1.54) is 25.2 Å². The van der Waals surface area contributed by atoms with Crippen LogP contribution < -0.4 is 5.73 Å². The van der Waals surface area contributed by atoms with Gasteiger partial charge in [-0.1, -0.05) is 35.9 Å². The van der Waals surface area contributed by atoms with E-state index in [1.54, 1.807) is 19.1 Å². The molecule has 146 valence electrons. The van der Waals surface area contributed by atoms with E-state index < -0.39 is 29.2 Å². The Hall–Kier alpha value is -2.87. The van der Waals surface area contributed by atoms with Crippen molar-refractivity contribution in [1.29, 1.82) is 0 Å². The second kappa shape index (κ2) is 6.94. The zero-order chi connectivity index (χ0) is 20.8. The maximum atomic E-state index is 14.6. The van der Waals surface area contributed by atoms with Crippen LogP contribution in [0.5, 0.6) is 0 Å². The lowest BCUT2D eigenvalue weighted by Gasteiger charge is -2.13. The van der Waals surface area contributed by atoms with Gasteiger partial charge in [-0.3, -0.25) is 9.48 Å². The van der Waals surface area contributed by atoms with Gasteiger partial charge in [0.25, 0.3) is 5.91 Å². The van der Waals surface area contributed by atoms with Crippen LogP contribution in [0.4, 0.5) is 17.6 Å². The summed E-state index contributed by atoms with van der Waals surface area (Å²) in [5.74, 6) is -1.93. The number of carbonyl (C=O) groups excluding carboxylic acids is 1. The van der Waals surface area contributed by atoms with E-state index >= 15 is 0 Å². The minimum absolute atomic E-state index is 0.127. The van der Waals surface area contributed by atoms with Crippen molar-refractivity contribution in [2.75, 3.05) is 0 Å². The molecule has 1 amide bonds. The van der Waals surface area contributed by atoms with Gasteiger partial charge >= 0.3 is 6.18 Å². The molecule has 28 heavy (non-hydrogen) atoms. The van der Waals surface area contributed by atoms with Crippen LogP contribution in [0, 0.1) is 12.7 Å². The molecule has 2 N–H and O–H groups in total. The number of hydrogen-bond acceptors (Lipinski definition) is 2. The summed E-state index contributed by atoms with van der Waals surface area (Å²) >= 11 is 5.94. The molecule has 0 unspecified atom stereocenters. The molecular weight excluding hydrogens is 398 g/mol. The Morgan fingerprint density at radius 3 is 2.32 bits per heavy atom. The molecule has 0 fully saturated rings. The van der Waals surface area contributed by atoms with E-state index in [-0.39, 0.29) is 27.4 Å². The van der Waals surface area contributed by atoms with Gasteiger partial charge in [0.05, 0.1) is 11.3 Å². The van der Waals surface area contributed by atoms with Crippen molar-refractivity contribution in [3.05, 3.63) is 64.1 Å². The Morgan fingerprint density at radius 2 is 1.75 bits per heavy atom. The van der Waals surface area contributed by atoms with Gasteiger partial charge < -0.3 is 5.73 Å². The van der Waals surface area contributed by atoms with Gasteiger partial charge in [-0.25, -0.2) is 4.39 Å². The van der Waals surface area contributed by atoms with Crippen molar-refractivity contribution in [3.63, 3.8) is 0 Å². The van der Waals surface area contributed by atoms with Crippen LogP contribution >= 0.6 is 11.6 Å². The Morgan fingerprint density at radius 1 is 1.14 bits per heavy atom.